The SMILES string of the molecule is O=C1c2ccccc2C(=O)C2C(c3ccccc3)=C(c3ccccc3)C12. The Morgan fingerprint density at radius 2 is 0.808 bits per heavy atom. The molecule has 2 nitrogen and oxygen atoms in total. The largest absolute Gasteiger partial charge is 0.293 e. The van der Waals surface area contributed by atoms with Gasteiger partial charge in [0, 0.05) is 11.1 Å². The second-order valence-electron chi connectivity index (χ2n) is 6.79. The van der Waals surface area contributed by atoms with Gasteiger partial charge in [0.05, 0.1) is 11.8 Å². The highest BCUT2D eigenvalue weighted by atomic mass is 16.1. The lowest BCUT2D eigenvalue weighted by atomic mass is 9.56. The molecule has 0 saturated carbocycles. The van der Waals surface area contributed by atoms with Gasteiger partial charge >= 0.3 is 0 Å². The van der Waals surface area contributed by atoms with Crippen LogP contribution in [0.1, 0.15) is 31.8 Å². The fourth-order valence-corrected chi connectivity index (χ4v) is 4.29. The van der Waals surface area contributed by atoms with Crippen molar-refractivity contribution in [3.05, 3.63) is 107 Å². The Hall–Kier alpha value is -3.26. The zero-order valence-electron chi connectivity index (χ0n) is 14.1. The molecule has 3 aromatic carbocycles. The summed E-state index contributed by atoms with van der Waals surface area (Å²) in [4.78, 5) is 26.4. The number of carbonyl (C=O) groups is 2. The minimum absolute atomic E-state index is 0.0590. The second-order valence-corrected chi connectivity index (χ2v) is 6.79. The molecule has 0 fully saturated rings. The van der Waals surface area contributed by atoms with Crippen LogP contribution in [0, 0.1) is 11.8 Å². The Morgan fingerprint density at radius 1 is 0.462 bits per heavy atom. The smallest absolute Gasteiger partial charge is 0.172 e. The summed E-state index contributed by atoms with van der Waals surface area (Å²) in [6, 6.07) is 27.1. The normalized spacial score (nSPS) is 21.1. The van der Waals surface area contributed by atoms with Gasteiger partial charge in [0.25, 0.3) is 0 Å². The zero-order valence-corrected chi connectivity index (χ0v) is 14.1. The third-order valence-corrected chi connectivity index (χ3v) is 5.44. The molecule has 2 heteroatoms. The van der Waals surface area contributed by atoms with Crippen LogP contribution in [0.2, 0.25) is 0 Å². The van der Waals surface area contributed by atoms with Gasteiger partial charge in [-0.2, -0.15) is 0 Å². The Balaban J connectivity index is 1.76. The highest BCUT2D eigenvalue weighted by Crippen LogP contribution is 2.56. The molecule has 26 heavy (non-hydrogen) atoms. The number of rotatable bonds is 2. The van der Waals surface area contributed by atoms with Crippen LogP contribution < -0.4 is 0 Å². The van der Waals surface area contributed by atoms with E-state index in [1.807, 2.05) is 72.8 Å². The lowest BCUT2D eigenvalue weighted by Crippen LogP contribution is -2.44. The number of allylic oxidation sites excluding steroid dienone is 2. The summed E-state index contributed by atoms with van der Waals surface area (Å²) in [6.07, 6.45) is 0. The maximum Gasteiger partial charge on any atom is 0.172 e. The maximum atomic E-state index is 13.2. The zero-order chi connectivity index (χ0) is 17.7. The second kappa shape index (κ2) is 5.63. The van der Waals surface area contributed by atoms with E-state index in [0.717, 1.165) is 22.3 Å². The molecule has 0 N–H and O–H groups in total. The van der Waals surface area contributed by atoms with Crippen molar-refractivity contribution in [2.75, 3.05) is 0 Å². The van der Waals surface area contributed by atoms with E-state index in [2.05, 4.69) is 0 Å². The van der Waals surface area contributed by atoms with Crippen molar-refractivity contribution in [1.82, 2.24) is 0 Å². The lowest BCUT2D eigenvalue weighted by Gasteiger charge is -2.44. The molecule has 0 amide bonds. The van der Waals surface area contributed by atoms with Crippen LogP contribution in [0.4, 0.5) is 0 Å². The van der Waals surface area contributed by atoms with Crippen LogP contribution >= 0.6 is 0 Å². The van der Waals surface area contributed by atoms with Crippen molar-refractivity contribution in [1.29, 1.82) is 0 Å². The molecule has 2 unspecified atom stereocenters. The molecule has 124 valence electrons. The molecule has 0 spiro atoms. The van der Waals surface area contributed by atoms with Crippen molar-refractivity contribution in [3.63, 3.8) is 0 Å². The van der Waals surface area contributed by atoms with E-state index in [0.29, 0.717) is 11.1 Å². The van der Waals surface area contributed by atoms with E-state index in [4.69, 9.17) is 0 Å². The molecule has 0 bridgehead atoms. The Kier molecular flexibility index (Phi) is 3.26. The standard InChI is InChI=1S/C24H16O2/c25-23-17-13-7-8-14-18(17)24(26)22-20(16-11-5-2-6-12-16)19(21(22)23)15-9-3-1-4-10-15/h1-14,21-22H. The van der Waals surface area contributed by atoms with Gasteiger partial charge in [-0.3, -0.25) is 9.59 Å². The molecule has 0 heterocycles. The first-order valence-corrected chi connectivity index (χ1v) is 8.79. The summed E-state index contributed by atoms with van der Waals surface area (Å²) in [6.45, 7) is 0. The minimum atomic E-state index is -0.380. The van der Waals surface area contributed by atoms with Gasteiger partial charge in [-0.1, -0.05) is 84.9 Å². The number of hydrogen-bond donors (Lipinski definition) is 0. The van der Waals surface area contributed by atoms with E-state index < -0.39 is 0 Å². The molecule has 2 aliphatic rings. The highest BCUT2D eigenvalue weighted by Gasteiger charge is 2.53. The van der Waals surface area contributed by atoms with E-state index in [1.165, 1.54) is 0 Å². The van der Waals surface area contributed by atoms with Crippen LogP contribution in [0.25, 0.3) is 11.1 Å². The van der Waals surface area contributed by atoms with E-state index in [9.17, 15) is 9.59 Å². The summed E-state index contributed by atoms with van der Waals surface area (Å²) in [5, 5.41) is 0. The van der Waals surface area contributed by atoms with Gasteiger partial charge in [0.1, 0.15) is 0 Å². The summed E-state index contributed by atoms with van der Waals surface area (Å²) < 4.78 is 0. The molecule has 0 radical (unpaired) electrons. The fraction of sp³-hybridized carbons (Fsp3) is 0.0833. The topological polar surface area (TPSA) is 34.1 Å². The summed E-state index contributed by atoms with van der Waals surface area (Å²) >= 11 is 0. The minimum Gasteiger partial charge on any atom is -0.293 e. The average Bonchev–Trinajstić information content (AvgIpc) is 2.68. The number of ketones is 2. The molecule has 3 aromatic rings. The number of fused-ring (bicyclic) bond motifs is 2. The van der Waals surface area contributed by atoms with Crippen molar-refractivity contribution < 1.29 is 9.59 Å². The molecule has 0 aromatic heterocycles. The Morgan fingerprint density at radius 3 is 1.19 bits per heavy atom. The molecule has 2 aliphatic carbocycles. The quantitative estimate of drug-likeness (QED) is 0.665. The van der Waals surface area contributed by atoms with Crippen molar-refractivity contribution in [2.45, 2.75) is 0 Å². The molecule has 0 aliphatic heterocycles. The van der Waals surface area contributed by atoms with Gasteiger partial charge < -0.3 is 0 Å². The Bertz CT molecular complexity index is 975. The van der Waals surface area contributed by atoms with Crippen LogP contribution in [0.5, 0.6) is 0 Å². The molecular formula is C24H16O2. The molecule has 2 atom stereocenters. The molecular weight excluding hydrogens is 320 g/mol. The van der Waals surface area contributed by atoms with Crippen LogP contribution in [-0.2, 0) is 0 Å². The maximum absolute atomic E-state index is 13.2. The number of carbonyl (C=O) groups excluding carboxylic acids is 2. The first-order chi connectivity index (χ1) is 12.8. The van der Waals surface area contributed by atoms with Gasteiger partial charge in [0.2, 0.25) is 0 Å². The fourth-order valence-electron chi connectivity index (χ4n) is 4.29. The summed E-state index contributed by atoms with van der Waals surface area (Å²) in [5.41, 5.74) is 5.14. The van der Waals surface area contributed by atoms with E-state index >= 15 is 0 Å². The third-order valence-electron chi connectivity index (χ3n) is 5.44. The summed E-state index contributed by atoms with van der Waals surface area (Å²) in [5.74, 6) is -0.641. The number of Topliss-reactive ketones (excluding diaryl/α,β-unsaturated/α-hetero) is 2. The van der Waals surface area contributed by atoms with E-state index in [-0.39, 0.29) is 23.4 Å². The van der Waals surface area contributed by atoms with Gasteiger partial charge in [-0.05, 0) is 22.3 Å². The highest BCUT2D eigenvalue weighted by molar-refractivity contribution is 6.29. The van der Waals surface area contributed by atoms with Crippen LogP contribution in [-0.4, -0.2) is 11.6 Å². The van der Waals surface area contributed by atoms with Crippen molar-refractivity contribution in [3.8, 4) is 0 Å². The third kappa shape index (κ3) is 1.99. The van der Waals surface area contributed by atoms with Crippen LogP contribution in [0.3, 0.4) is 0 Å². The first kappa shape index (κ1) is 15.0. The van der Waals surface area contributed by atoms with Crippen molar-refractivity contribution in [2.24, 2.45) is 11.8 Å². The predicted molar refractivity (Wildman–Crippen MR) is 102 cm³/mol. The first-order valence-electron chi connectivity index (χ1n) is 8.79. The molecule has 5 rings (SSSR count). The lowest BCUT2D eigenvalue weighted by molar-refractivity contribution is 0.0800. The van der Waals surface area contributed by atoms with Crippen LogP contribution in [0.15, 0.2) is 84.9 Å². The monoisotopic (exact) mass is 336 g/mol. The van der Waals surface area contributed by atoms with Gasteiger partial charge in [0.15, 0.2) is 11.6 Å². The average molecular weight is 336 g/mol. The van der Waals surface area contributed by atoms with Gasteiger partial charge in [-0.25, -0.2) is 0 Å². The molecule has 0 saturated heterocycles. The number of hydrogen-bond acceptors (Lipinski definition) is 2. The number of benzene rings is 3. The summed E-state index contributed by atoms with van der Waals surface area (Å²) in [7, 11) is 0. The Labute approximate surface area is 151 Å². The van der Waals surface area contributed by atoms with Crippen molar-refractivity contribution >= 4 is 22.7 Å². The van der Waals surface area contributed by atoms with Gasteiger partial charge in [-0.15, -0.1) is 0 Å². The van der Waals surface area contributed by atoms with E-state index in [1.54, 1.807) is 12.1 Å². The predicted octanol–water partition coefficient (Wildman–Crippen LogP) is 4.92.